The maximum Gasteiger partial charge on any atom is 0.341 e. The first kappa shape index (κ1) is 13.1. The third-order valence-electron chi connectivity index (χ3n) is 2.14. The largest absolute Gasteiger partial charge is 0.507 e. The van der Waals surface area contributed by atoms with Gasteiger partial charge in [-0.05, 0) is 25.2 Å². The molecule has 0 spiro atoms. The molecular formula is C13H15NO3. The van der Waals surface area contributed by atoms with Crippen molar-refractivity contribution in [3.05, 3.63) is 29.3 Å². The highest BCUT2D eigenvalue weighted by molar-refractivity contribution is 5.92. The molecule has 0 aliphatic heterocycles. The fourth-order valence-corrected chi connectivity index (χ4v) is 1.24. The van der Waals surface area contributed by atoms with E-state index in [-0.39, 0.29) is 11.3 Å². The lowest BCUT2D eigenvalue weighted by Crippen LogP contribution is -2.05. The number of nitrogens with one attached hydrogen (secondary N) is 1. The second-order valence-corrected chi connectivity index (χ2v) is 3.38. The molecule has 0 saturated carbocycles. The summed E-state index contributed by atoms with van der Waals surface area (Å²) in [5.41, 5.74) is 0.819. The molecule has 0 aliphatic carbocycles. The summed E-state index contributed by atoms with van der Waals surface area (Å²) in [6, 6.07) is 4.64. The number of aromatic hydroxyl groups is 1. The van der Waals surface area contributed by atoms with Gasteiger partial charge in [-0.25, -0.2) is 4.79 Å². The van der Waals surface area contributed by atoms with Crippen molar-refractivity contribution in [2.75, 3.05) is 20.7 Å². The SMILES string of the molecule is CNCCC#Cc1ccc(C(=O)OC)c(O)c1. The number of carbonyl (C=O) groups excluding carboxylic acids is 1. The lowest BCUT2D eigenvalue weighted by atomic mass is 10.1. The minimum absolute atomic E-state index is 0.114. The van der Waals surface area contributed by atoms with Crippen LogP contribution >= 0.6 is 0 Å². The summed E-state index contributed by atoms with van der Waals surface area (Å²) in [6.07, 6.45) is 0.732. The second-order valence-electron chi connectivity index (χ2n) is 3.38. The lowest BCUT2D eigenvalue weighted by molar-refractivity contribution is 0.0597. The Bertz CT molecular complexity index is 457. The summed E-state index contributed by atoms with van der Waals surface area (Å²) in [6.45, 7) is 0.819. The molecule has 2 N–H and O–H groups in total. The molecule has 0 saturated heterocycles. The molecule has 90 valence electrons. The lowest BCUT2D eigenvalue weighted by Gasteiger charge is -2.02. The predicted molar refractivity (Wildman–Crippen MR) is 64.9 cm³/mol. The van der Waals surface area contributed by atoms with E-state index in [0.717, 1.165) is 13.0 Å². The first-order valence-corrected chi connectivity index (χ1v) is 5.24. The zero-order chi connectivity index (χ0) is 12.7. The molecule has 0 heterocycles. The van der Waals surface area contributed by atoms with Gasteiger partial charge in [0.1, 0.15) is 11.3 Å². The van der Waals surface area contributed by atoms with Crippen molar-refractivity contribution >= 4 is 5.97 Å². The third-order valence-corrected chi connectivity index (χ3v) is 2.14. The summed E-state index contributed by atoms with van der Waals surface area (Å²) in [5.74, 6) is 5.18. The van der Waals surface area contributed by atoms with Crippen molar-refractivity contribution < 1.29 is 14.6 Å². The Balaban J connectivity index is 2.81. The average Bonchev–Trinajstić information content (AvgIpc) is 2.34. The van der Waals surface area contributed by atoms with Crippen molar-refractivity contribution in [1.82, 2.24) is 5.32 Å². The van der Waals surface area contributed by atoms with Crippen LogP contribution in [0.25, 0.3) is 0 Å². The zero-order valence-corrected chi connectivity index (χ0v) is 9.91. The predicted octanol–water partition coefficient (Wildman–Crippen LogP) is 1.14. The number of hydrogen-bond acceptors (Lipinski definition) is 4. The Labute approximate surface area is 101 Å². The van der Waals surface area contributed by atoms with Crippen molar-refractivity contribution in [3.63, 3.8) is 0 Å². The smallest absolute Gasteiger partial charge is 0.341 e. The summed E-state index contributed by atoms with van der Waals surface area (Å²) in [5, 5.41) is 12.6. The number of phenols is 1. The molecule has 1 aromatic rings. The molecule has 0 fully saturated rings. The normalized spacial score (nSPS) is 9.29. The molecule has 4 heteroatoms. The molecule has 0 atom stereocenters. The van der Waals surface area contributed by atoms with Crippen molar-refractivity contribution in [3.8, 4) is 17.6 Å². The summed E-state index contributed by atoms with van der Waals surface area (Å²) in [4.78, 5) is 11.2. The number of methoxy groups -OCH3 is 1. The second kappa shape index (κ2) is 6.56. The van der Waals surface area contributed by atoms with Gasteiger partial charge >= 0.3 is 5.97 Å². The Hall–Kier alpha value is -1.99. The van der Waals surface area contributed by atoms with Crippen LogP contribution in [0.2, 0.25) is 0 Å². The van der Waals surface area contributed by atoms with E-state index in [1.165, 1.54) is 19.2 Å². The topological polar surface area (TPSA) is 58.6 Å². The molecule has 0 aliphatic rings. The maximum atomic E-state index is 11.2. The van der Waals surface area contributed by atoms with E-state index in [4.69, 9.17) is 0 Å². The van der Waals surface area contributed by atoms with Crippen molar-refractivity contribution in [2.24, 2.45) is 0 Å². The van der Waals surface area contributed by atoms with E-state index in [2.05, 4.69) is 21.9 Å². The van der Waals surface area contributed by atoms with Gasteiger partial charge in [0.2, 0.25) is 0 Å². The van der Waals surface area contributed by atoms with Crippen LogP contribution in [0, 0.1) is 11.8 Å². The number of carbonyl (C=O) groups is 1. The number of benzene rings is 1. The van der Waals surface area contributed by atoms with Crippen LogP contribution in [-0.4, -0.2) is 31.8 Å². The molecule has 0 bridgehead atoms. The third kappa shape index (κ3) is 3.82. The van der Waals surface area contributed by atoms with Crippen molar-refractivity contribution in [1.29, 1.82) is 0 Å². The number of ether oxygens (including phenoxy) is 1. The minimum atomic E-state index is -0.558. The van der Waals surface area contributed by atoms with E-state index in [1.807, 2.05) is 7.05 Å². The van der Waals surface area contributed by atoms with E-state index in [9.17, 15) is 9.90 Å². The van der Waals surface area contributed by atoms with E-state index in [1.54, 1.807) is 6.07 Å². The minimum Gasteiger partial charge on any atom is -0.507 e. The first-order chi connectivity index (χ1) is 8.19. The standard InChI is InChI=1S/C13H15NO3/c1-14-8-4-3-5-10-6-7-11(12(15)9-10)13(16)17-2/h6-7,9,14-15H,4,8H2,1-2H3. The summed E-state index contributed by atoms with van der Waals surface area (Å²) < 4.78 is 4.53. The number of rotatable bonds is 3. The molecule has 0 unspecified atom stereocenters. The number of esters is 1. The van der Waals surface area contributed by atoms with Gasteiger partial charge < -0.3 is 15.2 Å². The van der Waals surface area contributed by atoms with Gasteiger partial charge in [0.25, 0.3) is 0 Å². The van der Waals surface area contributed by atoms with E-state index < -0.39 is 5.97 Å². The highest BCUT2D eigenvalue weighted by Crippen LogP contribution is 2.19. The first-order valence-electron chi connectivity index (χ1n) is 5.24. The van der Waals surface area contributed by atoms with Crippen LogP contribution < -0.4 is 5.32 Å². The fraction of sp³-hybridized carbons (Fsp3) is 0.308. The van der Waals surface area contributed by atoms with Crippen LogP contribution in [0.15, 0.2) is 18.2 Å². The van der Waals surface area contributed by atoms with E-state index in [0.29, 0.717) is 5.56 Å². The van der Waals surface area contributed by atoms with E-state index >= 15 is 0 Å². The maximum absolute atomic E-state index is 11.2. The molecule has 0 aromatic heterocycles. The highest BCUT2D eigenvalue weighted by Gasteiger charge is 2.10. The van der Waals surface area contributed by atoms with Crippen LogP contribution in [0.4, 0.5) is 0 Å². The molecular weight excluding hydrogens is 218 g/mol. The quantitative estimate of drug-likeness (QED) is 0.467. The fourth-order valence-electron chi connectivity index (χ4n) is 1.24. The van der Waals surface area contributed by atoms with Crippen LogP contribution in [0.5, 0.6) is 5.75 Å². The summed E-state index contributed by atoms with van der Waals surface area (Å²) >= 11 is 0. The van der Waals surface area contributed by atoms with Gasteiger partial charge in [-0.2, -0.15) is 0 Å². The molecule has 0 amide bonds. The average molecular weight is 233 g/mol. The molecule has 17 heavy (non-hydrogen) atoms. The molecule has 0 radical (unpaired) electrons. The monoisotopic (exact) mass is 233 g/mol. The van der Waals surface area contributed by atoms with Gasteiger partial charge in [-0.15, -0.1) is 0 Å². The van der Waals surface area contributed by atoms with Crippen molar-refractivity contribution in [2.45, 2.75) is 6.42 Å². The molecule has 1 rings (SSSR count). The number of hydrogen-bond donors (Lipinski definition) is 2. The number of phenolic OH excluding ortho intramolecular Hbond substituents is 1. The Morgan fingerprint density at radius 1 is 1.53 bits per heavy atom. The highest BCUT2D eigenvalue weighted by atomic mass is 16.5. The Morgan fingerprint density at radius 2 is 2.29 bits per heavy atom. The molecule has 4 nitrogen and oxygen atoms in total. The van der Waals surface area contributed by atoms with Crippen LogP contribution in [0.3, 0.4) is 0 Å². The van der Waals surface area contributed by atoms with Gasteiger partial charge in [0.05, 0.1) is 7.11 Å². The van der Waals surface area contributed by atoms with Gasteiger partial charge in [-0.1, -0.05) is 11.8 Å². The van der Waals surface area contributed by atoms with Crippen LogP contribution in [0.1, 0.15) is 22.3 Å². The molecule has 1 aromatic carbocycles. The van der Waals surface area contributed by atoms with Gasteiger partial charge in [-0.3, -0.25) is 0 Å². The summed E-state index contributed by atoms with van der Waals surface area (Å²) in [7, 11) is 3.13. The van der Waals surface area contributed by atoms with Crippen LogP contribution in [-0.2, 0) is 4.74 Å². The Morgan fingerprint density at radius 3 is 2.88 bits per heavy atom. The van der Waals surface area contributed by atoms with Gasteiger partial charge in [0.15, 0.2) is 0 Å². The Kier molecular flexibility index (Phi) is 5.05. The zero-order valence-electron chi connectivity index (χ0n) is 9.91. The van der Waals surface area contributed by atoms with Gasteiger partial charge in [0, 0.05) is 18.5 Å².